The van der Waals surface area contributed by atoms with Crippen LogP contribution in [0.15, 0.2) is 76.7 Å². The molecule has 4 aromatic rings. The maximum absolute atomic E-state index is 13.3. The van der Waals surface area contributed by atoms with Crippen LogP contribution in [-0.4, -0.2) is 15.3 Å². The van der Waals surface area contributed by atoms with Crippen LogP contribution in [0, 0.1) is 11.3 Å². The molecular formula is C22H17N3OS2. The second-order valence-corrected chi connectivity index (χ2v) is 8.33. The third-order valence-electron chi connectivity index (χ3n) is 4.29. The van der Waals surface area contributed by atoms with Crippen molar-refractivity contribution in [2.45, 2.75) is 18.1 Å². The highest BCUT2D eigenvalue weighted by Gasteiger charge is 2.15. The molecule has 2 aromatic carbocycles. The number of nitrogens with zero attached hydrogens (tertiary/aromatic N) is 3. The molecule has 0 amide bonds. The monoisotopic (exact) mass is 403 g/mol. The fourth-order valence-electron chi connectivity index (χ4n) is 2.94. The molecule has 0 saturated carbocycles. The van der Waals surface area contributed by atoms with Crippen molar-refractivity contribution < 1.29 is 0 Å². The lowest BCUT2D eigenvalue weighted by molar-refractivity contribution is 0.659. The first-order valence-corrected chi connectivity index (χ1v) is 10.7. The minimum absolute atomic E-state index is 0.0273. The number of hydrogen-bond acceptors (Lipinski definition) is 5. The van der Waals surface area contributed by atoms with Crippen molar-refractivity contribution in [2.75, 3.05) is 5.75 Å². The minimum atomic E-state index is -0.0273. The summed E-state index contributed by atoms with van der Waals surface area (Å²) >= 11 is 2.94. The van der Waals surface area contributed by atoms with Crippen LogP contribution in [0.5, 0.6) is 0 Å². The summed E-state index contributed by atoms with van der Waals surface area (Å²) in [7, 11) is 0. The second-order valence-electron chi connectivity index (χ2n) is 6.22. The molecule has 0 aliphatic rings. The lowest BCUT2D eigenvalue weighted by atomic mass is 10.2. The molecule has 0 bridgehead atoms. The molecule has 4 nitrogen and oxygen atoms in total. The molecule has 0 atom stereocenters. The molecule has 4 rings (SSSR count). The molecule has 0 saturated heterocycles. The van der Waals surface area contributed by atoms with Gasteiger partial charge in [0.15, 0.2) is 5.16 Å². The molecular weight excluding hydrogens is 386 g/mol. The summed E-state index contributed by atoms with van der Waals surface area (Å²) < 4.78 is 2.39. The van der Waals surface area contributed by atoms with Gasteiger partial charge in [0.1, 0.15) is 4.70 Å². The van der Waals surface area contributed by atoms with Gasteiger partial charge in [-0.2, -0.15) is 5.26 Å². The Labute approximate surface area is 171 Å². The predicted octanol–water partition coefficient (Wildman–Crippen LogP) is 5.18. The molecule has 0 aliphatic heterocycles. The number of aromatic nitrogens is 2. The molecule has 0 unspecified atom stereocenters. The van der Waals surface area contributed by atoms with Gasteiger partial charge < -0.3 is 0 Å². The van der Waals surface area contributed by atoms with Crippen LogP contribution in [0.4, 0.5) is 0 Å². The SMILES string of the molecule is N#CCCSc1nc2cc(-c3ccccc3)sc2c(=O)n1Cc1ccccc1. The summed E-state index contributed by atoms with van der Waals surface area (Å²) in [6.07, 6.45) is 0.419. The predicted molar refractivity (Wildman–Crippen MR) is 116 cm³/mol. The van der Waals surface area contributed by atoms with Gasteiger partial charge in [0, 0.05) is 17.1 Å². The van der Waals surface area contributed by atoms with Gasteiger partial charge in [-0.25, -0.2) is 4.98 Å². The van der Waals surface area contributed by atoms with Gasteiger partial charge in [-0.3, -0.25) is 9.36 Å². The van der Waals surface area contributed by atoms with Crippen LogP contribution in [-0.2, 0) is 6.54 Å². The van der Waals surface area contributed by atoms with Crippen molar-refractivity contribution in [3.63, 3.8) is 0 Å². The number of thioether (sulfide) groups is 1. The van der Waals surface area contributed by atoms with Gasteiger partial charge in [-0.1, -0.05) is 72.4 Å². The number of benzene rings is 2. The van der Waals surface area contributed by atoms with E-state index in [1.165, 1.54) is 23.1 Å². The summed E-state index contributed by atoms with van der Waals surface area (Å²) in [5.41, 5.74) is 2.82. The van der Waals surface area contributed by atoms with Crippen LogP contribution in [0.2, 0.25) is 0 Å². The molecule has 0 spiro atoms. The largest absolute Gasteiger partial charge is 0.282 e. The van der Waals surface area contributed by atoms with Gasteiger partial charge in [0.2, 0.25) is 0 Å². The van der Waals surface area contributed by atoms with Crippen LogP contribution in [0.1, 0.15) is 12.0 Å². The topological polar surface area (TPSA) is 58.7 Å². The number of rotatable bonds is 6. The van der Waals surface area contributed by atoms with Crippen LogP contribution >= 0.6 is 23.1 Å². The first-order chi connectivity index (χ1) is 13.8. The van der Waals surface area contributed by atoms with Crippen molar-refractivity contribution in [3.8, 4) is 16.5 Å². The van der Waals surface area contributed by atoms with Gasteiger partial charge in [-0.05, 0) is 17.2 Å². The van der Waals surface area contributed by atoms with Crippen LogP contribution in [0.25, 0.3) is 20.7 Å². The minimum Gasteiger partial charge on any atom is -0.282 e. The normalized spacial score (nSPS) is 10.8. The fourth-order valence-corrected chi connectivity index (χ4v) is 4.83. The van der Waals surface area contributed by atoms with Crippen molar-refractivity contribution in [1.82, 2.24) is 9.55 Å². The summed E-state index contributed by atoms with van der Waals surface area (Å²) in [5.74, 6) is 0.610. The summed E-state index contributed by atoms with van der Waals surface area (Å²) in [6, 6.07) is 24.1. The standard InChI is InChI=1S/C22H17N3OS2/c23-12-7-13-27-22-24-18-14-19(17-10-5-2-6-11-17)28-20(18)21(26)25(22)15-16-8-3-1-4-9-16/h1-6,8-11,14H,7,13,15H2. The average molecular weight is 404 g/mol. The van der Waals surface area contributed by atoms with Crippen molar-refractivity contribution in [2.24, 2.45) is 0 Å². The number of hydrogen-bond donors (Lipinski definition) is 0. The Balaban J connectivity index is 1.82. The number of fused-ring (bicyclic) bond motifs is 1. The Bertz CT molecular complexity index is 1190. The first-order valence-electron chi connectivity index (χ1n) is 8.90. The molecule has 0 N–H and O–H groups in total. The quantitative estimate of drug-likeness (QED) is 0.253. The Morgan fingerprint density at radius 1 is 1.07 bits per heavy atom. The third-order valence-corrected chi connectivity index (χ3v) is 6.43. The highest BCUT2D eigenvalue weighted by atomic mass is 32.2. The number of nitriles is 1. The zero-order valence-corrected chi connectivity index (χ0v) is 16.7. The summed E-state index contributed by atoms with van der Waals surface area (Å²) in [6.45, 7) is 0.468. The molecule has 6 heteroatoms. The van der Waals surface area contributed by atoms with Gasteiger partial charge >= 0.3 is 0 Å². The Morgan fingerprint density at radius 3 is 2.50 bits per heavy atom. The molecule has 0 radical (unpaired) electrons. The lowest BCUT2D eigenvalue weighted by Gasteiger charge is -2.11. The van der Waals surface area contributed by atoms with Crippen LogP contribution in [0.3, 0.4) is 0 Å². The van der Waals surface area contributed by atoms with E-state index in [0.29, 0.717) is 28.6 Å². The smallest absolute Gasteiger partial charge is 0.272 e. The Hall–Kier alpha value is -2.88. The Morgan fingerprint density at radius 2 is 1.79 bits per heavy atom. The average Bonchev–Trinajstić information content (AvgIpc) is 3.17. The second kappa shape index (κ2) is 8.42. The van der Waals surface area contributed by atoms with E-state index in [9.17, 15) is 4.79 Å². The van der Waals surface area contributed by atoms with Crippen molar-refractivity contribution >= 4 is 33.3 Å². The van der Waals surface area contributed by atoms with E-state index in [0.717, 1.165) is 21.5 Å². The van der Waals surface area contributed by atoms with E-state index >= 15 is 0 Å². The van der Waals surface area contributed by atoms with E-state index < -0.39 is 0 Å². The molecule has 138 valence electrons. The number of thiophene rings is 1. The summed E-state index contributed by atoms with van der Waals surface area (Å²) in [5, 5.41) is 9.52. The van der Waals surface area contributed by atoms with Crippen molar-refractivity contribution in [1.29, 1.82) is 5.26 Å². The fraction of sp³-hybridized carbons (Fsp3) is 0.136. The third kappa shape index (κ3) is 3.86. The zero-order valence-electron chi connectivity index (χ0n) is 15.0. The summed E-state index contributed by atoms with van der Waals surface area (Å²) in [4.78, 5) is 19.1. The maximum atomic E-state index is 13.3. The zero-order chi connectivity index (χ0) is 19.3. The maximum Gasteiger partial charge on any atom is 0.272 e. The molecule has 0 aliphatic carbocycles. The molecule has 2 heterocycles. The van der Waals surface area contributed by atoms with Gasteiger partial charge in [0.05, 0.1) is 18.1 Å². The van der Waals surface area contributed by atoms with E-state index in [1.54, 1.807) is 4.57 Å². The van der Waals surface area contributed by atoms with Gasteiger partial charge in [-0.15, -0.1) is 11.3 Å². The van der Waals surface area contributed by atoms with E-state index in [1.807, 2.05) is 66.7 Å². The van der Waals surface area contributed by atoms with Crippen LogP contribution < -0.4 is 5.56 Å². The first kappa shape index (κ1) is 18.5. The van der Waals surface area contributed by atoms with Gasteiger partial charge in [0.25, 0.3) is 5.56 Å². The van der Waals surface area contributed by atoms with E-state index in [4.69, 9.17) is 10.2 Å². The molecule has 28 heavy (non-hydrogen) atoms. The van der Waals surface area contributed by atoms with E-state index in [-0.39, 0.29) is 5.56 Å². The molecule has 2 aromatic heterocycles. The highest BCUT2D eigenvalue weighted by molar-refractivity contribution is 7.99. The highest BCUT2D eigenvalue weighted by Crippen LogP contribution is 2.32. The molecule has 0 fully saturated rings. The van der Waals surface area contributed by atoms with E-state index in [2.05, 4.69) is 6.07 Å². The Kier molecular flexibility index (Phi) is 5.56. The van der Waals surface area contributed by atoms with Crippen molar-refractivity contribution in [3.05, 3.63) is 82.6 Å². The lowest BCUT2D eigenvalue weighted by Crippen LogP contribution is -2.23.